The normalized spacial score (nSPS) is 22.1. The molecular weight excluding hydrogens is 723 g/mol. The summed E-state index contributed by atoms with van der Waals surface area (Å²) in [6.45, 7) is 2.69. The second kappa shape index (κ2) is 15.8. The Kier molecular flexibility index (Phi) is 10.6. The lowest BCUT2D eigenvalue weighted by Crippen LogP contribution is -2.60. The Morgan fingerprint density at radius 1 is 0.912 bits per heavy atom. The monoisotopic (exact) mass is 772 g/mol. The Hall–Kier alpha value is -5.53. The number of morpholine rings is 1. The number of aliphatic hydroxyl groups is 1. The fourth-order valence-corrected chi connectivity index (χ4v) is 8.97. The number of rotatable bonds is 13. The number of piperidine rings is 1. The van der Waals surface area contributed by atoms with Gasteiger partial charge in [-0.25, -0.2) is 4.79 Å². The maximum Gasteiger partial charge on any atom is 0.411 e. The lowest BCUT2D eigenvalue weighted by atomic mass is 9.96. The number of nitrogens with one attached hydrogen (secondary N) is 4. The Balaban J connectivity index is 0.830. The van der Waals surface area contributed by atoms with Gasteiger partial charge in [-0.2, -0.15) is 0 Å². The molecule has 296 valence electrons. The molecule has 57 heavy (non-hydrogen) atoms. The van der Waals surface area contributed by atoms with Gasteiger partial charge in [0.05, 0.1) is 31.4 Å². The van der Waals surface area contributed by atoms with Crippen LogP contribution in [-0.2, 0) is 27.2 Å². The lowest BCUT2D eigenvalue weighted by molar-refractivity contribution is -0.938. The van der Waals surface area contributed by atoms with Gasteiger partial charge in [-0.15, -0.1) is 0 Å². The maximum absolute atomic E-state index is 13.3. The minimum atomic E-state index is -0.866. The second-order valence-corrected chi connectivity index (χ2v) is 16.2. The third kappa shape index (κ3) is 8.17. The number of H-pyrrole nitrogens is 1. The lowest BCUT2D eigenvalue weighted by Gasteiger charge is -2.45. The van der Waals surface area contributed by atoms with Gasteiger partial charge in [-0.05, 0) is 71.8 Å². The van der Waals surface area contributed by atoms with Gasteiger partial charge in [0.15, 0.2) is 0 Å². The van der Waals surface area contributed by atoms with Gasteiger partial charge in [0.25, 0.3) is 0 Å². The summed E-state index contributed by atoms with van der Waals surface area (Å²) in [7, 11) is 4.51. The first-order valence-corrected chi connectivity index (χ1v) is 19.7. The van der Waals surface area contributed by atoms with Crippen LogP contribution in [0, 0.1) is 6.92 Å². The van der Waals surface area contributed by atoms with Crippen molar-refractivity contribution in [2.75, 3.05) is 31.3 Å². The summed E-state index contributed by atoms with van der Waals surface area (Å²) in [5.74, 6) is -0.133. The third-order valence-corrected chi connectivity index (χ3v) is 12.1. The number of anilines is 2. The second-order valence-electron chi connectivity index (χ2n) is 16.2. The number of likely N-dealkylation sites (N-methyl/N-ethyl adjacent to an activating group) is 1. The number of aromatic hydroxyl groups is 1. The van der Waals surface area contributed by atoms with E-state index in [1.807, 2.05) is 73.7 Å². The van der Waals surface area contributed by atoms with E-state index >= 15 is 0 Å². The standard InChI is InChI=1S/C45H49N5O7/c1-26-20-28(24-46-25-39(52)32-15-18-38(51)42-33(32)16-19-41(54)49-42)13-17-34(26)47-40(53)11-7-8-27-12-14-31(29-9-5-4-6-10-29)35(21-27)48-45(55)56-30-22-36-43-44(57-43)37(23-30)50(36,2)3/h4-6,9-10,12-21,30,36-37,39,43-44,46,52H,7-8,11,22-25H2,1-3H3,(H3-,47,48,49,51,53,54,55)/p+1/t30?,36-,37+,39-,43-,44+/m0/s1. The molecule has 3 aliphatic rings. The average molecular weight is 773 g/mol. The third-order valence-electron chi connectivity index (χ3n) is 12.1. The number of aromatic amines is 1. The maximum atomic E-state index is 13.3. The number of carbonyl (C=O) groups is 2. The molecule has 0 spiro atoms. The number of ether oxygens (including phenoxy) is 2. The number of phenolic OH excluding ortho intramolecular Hbond substituents is 1. The first kappa shape index (κ1) is 38.3. The number of benzene rings is 4. The van der Waals surface area contributed by atoms with Crippen LogP contribution < -0.4 is 21.5 Å². The topological polar surface area (TPSA) is 165 Å². The summed E-state index contributed by atoms with van der Waals surface area (Å²) in [6.07, 6.45) is 2.31. The fourth-order valence-electron chi connectivity index (χ4n) is 8.97. The van der Waals surface area contributed by atoms with Crippen molar-refractivity contribution in [2.45, 2.75) is 82.1 Å². The number of epoxide rings is 1. The van der Waals surface area contributed by atoms with Gasteiger partial charge in [-0.3, -0.25) is 14.9 Å². The van der Waals surface area contributed by atoms with Crippen LogP contribution in [0.25, 0.3) is 22.0 Å². The summed E-state index contributed by atoms with van der Waals surface area (Å²) >= 11 is 0. The van der Waals surface area contributed by atoms with Crippen LogP contribution in [0.4, 0.5) is 16.2 Å². The van der Waals surface area contributed by atoms with Crippen molar-refractivity contribution in [3.63, 3.8) is 0 Å². The van der Waals surface area contributed by atoms with Crippen LogP contribution in [0.1, 0.15) is 54.0 Å². The van der Waals surface area contributed by atoms with Gasteiger partial charge in [-0.1, -0.05) is 60.7 Å². The zero-order chi connectivity index (χ0) is 39.8. The van der Waals surface area contributed by atoms with Crippen LogP contribution in [0.3, 0.4) is 0 Å². The number of aryl methyl sites for hydroxylation is 2. The number of carbonyl (C=O) groups excluding carboxylic acids is 2. The van der Waals surface area contributed by atoms with E-state index in [-0.39, 0.29) is 42.1 Å². The Morgan fingerprint density at radius 3 is 2.42 bits per heavy atom. The number of hydrogen-bond donors (Lipinski definition) is 6. The molecule has 1 unspecified atom stereocenters. The molecule has 0 saturated carbocycles. The van der Waals surface area contributed by atoms with Gasteiger partial charge in [0, 0.05) is 55.1 Å². The van der Waals surface area contributed by atoms with Crippen molar-refractivity contribution >= 4 is 34.3 Å². The van der Waals surface area contributed by atoms with Crippen molar-refractivity contribution in [3.05, 3.63) is 124 Å². The van der Waals surface area contributed by atoms with Gasteiger partial charge >= 0.3 is 6.09 Å². The SMILES string of the molecule is Cc1cc(CNC[C@H](O)c2ccc(O)c3[nH]c(=O)ccc23)ccc1NC(=O)CCCc1ccc(-c2ccccc2)c(NC(=O)OC2C[C@@H]3[C@H]4O[C@H]4[C@H](C2)[N+]3(C)C)c1. The molecule has 2 amide bonds. The number of fused-ring (bicyclic) bond motifs is 6. The molecule has 3 saturated heterocycles. The quantitative estimate of drug-likeness (QED) is 0.0600. The van der Waals surface area contributed by atoms with E-state index in [4.69, 9.17) is 9.47 Å². The molecule has 6 atom stereocenters. The molecule has 12 nitrogen and oxygen atoms in total. The van der Waals surface area contributed by atoms with E-state index < -0.39 is 12.2 Å². The van der Waals surface area contributed by atoms with Crippen molar-refractivity contribution in [1.82, 2.24) is 10.3 Å². The van der Waals surface area contributed by atoms with E-state index in [0.29, 0.717) is 60.0 Å². The van der Waals surface area contributed by atoms with Crippen LogP contribution in [0.15, 0.2) is 95.8 Å². The van der Waals surface area contributed by atoms with Gasteiger partial charge < -0.3 is 39.8 Å². The molecule has 3 fully saturated rings. The van der Waals surface area contributed by atoms with E-state index in [1.165, 1.54) is 12.1 Å². The van der Waals surface area contributed by atoms with Crippen molar-refractivity contribution in [1.29, 1.82) is 0 Å². The van der Waals surface area contributed by atoms with Crippen molar-refractivity contribution in [2.24, 2.45) is 0 Å². The van der Waals surface area contributed by atoms with Crippen molar-refractivity contribution < 1.29 is 33.8 Å². The fraction of sp³-hybridized carbons (Fsp3) is 0.356. The smallest absolute Gasteiger partial charge is 0.411 e. The molecule has 4 heterocycles. The molecule has 1 aromatic heterocycles. The first-order chi connectivity index (χ1) is 27.4. The minimum absolute atomic E-state index is 0.0534. The number of hydrogen-bond acceptors (Lipinski definition) is 8. The van der Waals surface area contributed by atoms with Gasteiger partial charge in [0.2, 0.25) is 11.5 Å². The Labute approximate surface area is 331 Å². The predicted molar refractivity (Wildman–Crippen MR) is 219 cm³/mol. The number of aromatic nitrogens is 1. The van der Waals surface area contributed by atoms with E-state index in [0.717, 1.165) is 50.8 Å². The minimum Gasteiger partial charge on any atom is -0.506 e. The van der Waals surface area contributed by atoms with E-state index in [1.54, 1.807) is 12.1 Å². The van der Waals surface area contributed by atoms with Crippen LogP contribution in [0.5, 0.6) is 5.75 Å². The predicted octanol–water partition coefficient (Wildman–Crippen LogP) is 6.30. The molecule has 5 aromatic rings. The molecule has 3 aliphatic heterocycles. The highest BCUT2D eigenvalue weighted by Crippen LogP contribution is 2.51. The number of nitrogens with zero attached hydrogens (tertiary/aromatic N) is 1. The highest BCUT2D eigenvalue weighted by atomic mass is 16.6. The molecular formula is C45H50N5O7+. The Bertz CT molecular complexity index is 2340. The zero-order valence-electron chi connectivity index (χ0n) is 32.5. The largest absolute Gasteiger partial charge is 0.506 e. The molecule has 0 radical (unpaired) electrons. The highest BCUT2D eigenvalue weighted by molar-refractivity contribution is 5.93. The molecule has 0 aliphatic carbocycles. The molecule has 4 aromatic carbocycles. The number of aliphatic hydroxyl groups excluding tert-OH is 1. The number of quaternary nitrogens is 1. The molecule has 8 rings (SSSR count). The van der Waals surface area contributed by atoms with Crippen LogP contribution in [-0.4, -0.2) is 82.7 Å². The number of pyridine rings is 1. The summed E-state index contributed by atoms with van der Waals surface area (Å²) in [5.41, 5.74) is 6.79. The van der Waals surface area contributed by atoms with E-state index in [9.17, 15) is 24.6 Å². The first-order valence-electron chi connectivity index (χ1n) is 19.7. The van der Waals surface area contributed by atoms with Crippen molar-refractivity contribution in [3.8, 4) is 16.9 Å². The summed E-state index contributed by atoms with van der Waals surface area (Å²) < 4.78 is 12.8. The number of phenols is 1. The zero-order valence-corrected chi connectivity index (χ0v) is 32.5. The summed E-state index contributed by atoms with van der Waals surface area (Å²) in [4.78, 5) is 40.7. The Morgan fingerprint density at radius 2 is 1.67 bits per heavy atom. The molecule has 12 heteroatoms. The molecule has 6 N–H and O–H groups in total. The average Bonchev–Trinajstić information content (AvgIpc) is 3.96. The van der Waals surface area contributed by atoms with E-state index in [2.05, 4.69) is 35.0 Å². The highest BCUT2D eigenvalue weighted by Gasteiger charge is 2.70. The summed E-state index contributed by atoms with van der Waals surface area (Å²) in [6, 6.07) is 28.6. The number of amides is 2. The summed E-state index contributed by atoms with van der Waals surface area (Å²) in [5, 5.41) is 31.0. The molecule has 2 bridgehead atoms. The van der Waals surface area contributed by atoms with Crippen LogP contribution in [0.2, 0.25) is 0 Å². The van der Waals surface area contributed by atoms with Gasteiger partial charge in [0.1, 0.15) is 36.1 Å². The van der Waals surface area contributed by atoms with Crippen LogP contribution >= 0.6 is 0 Å².